The number of nitrogens with one attached hydrogen (secondary N) is 2. The van der Waals surface area contributed by atoms with Crippen molar-refractivity contribution in [3.63, 3.8) is 0 Å². The highest BCUT2D eigenvalue weighted by Crippen LogP contribution is 2.25. The van der Waals surface area contributed by atoms with Gasteiger partial charge in [0.05, 0.1) is 11.5 Å². The van der Waals surface area contributed by atoms with Gasteiger partial charge in [0.15, 0.2) is 9.84 Å². The first kappa shape index (κ1) is 15.2. The average Bonchev–Trinajstić information content (AvgIpc) is 2.62. The summed E-state index contributed by atoms with van der Waals surface area (Å²) in [6.45, 7) is 1.60. The molecule has 2 heterocycles. The van der Waals surface area contributed by atoms with E-state index in [4.69, 9.17) is 0 Å². The fourth-order valence-corrected chi connectivity index (χ4v) is 5.73. The summed E-state index contributed by atoms with van der Waals surface area (Å²) in [5.74, 6) is 0.378. The van der Waals surface area contributed by atoms with Gasteiger partial charge in [0.1, 0.15) is 10.7 Å². The van der Waals surface area contributed by atoms with E-state index in [1.165, 1.54) is 12.3 Å². The molecule has 0 amide bonds. The van der Waals surface area contributed by atoms with Crippen molar-refractivity contribution in [1.82, 2.24) is 9.71 Å². The van der Waals surface area contributed by atoms with Crippen molar-refractivity contribution in [3.05, 3.63) is 18.3 Å². The van der Waals surface area contributed by atoms with Gasteiger partial charge in [-0.15, -0.1) is 0 Å². The summed E-state index contributed by atoms with van der Waals surface area (Å²) in [5, 5.41) is 2.79. The topological polar surface area (TPSA) is 105 Å². The molecule has 2 rings (SSSR count). The van der Waals surface area contributed by atoms with Crippen LogP contribution in [0.15, 0.2) is 23.2 Å². The molecule has 0 radical (unpaired) electrons. The maximum Gasteiger partial charge on any atom is 0.242 e. The van der Waals surface area contributed by atoms with Crippen LogP contribution in [0.5, 0.6) is 0 Å². The molecule has 0 aromatic carbocycles. The van der Waals surface area contributed by atoms with E-state index in [9.17, 15) is 16.8 Å². The number of aromatic nitrogens is 1. The second-order valence-corrected chi connectivity index (χ2v) is 9.00. The van der Waals surface area contributed by atoms with Crippen LogP contribution < -0.4 is 10.0 Å². The van der Waals surface area contributed by atoms with Gasteiger partial charge in [-0.1, -0.05) is 0 Å². The van der Waals surface area contributed by atoms with Crippen LogP contribution in [0.1, 0.15) is 13.3 Å². The van der Waals surface area contributed by atoms with Crippen molar-refractivity contribution in [1.29, 1.82) is 0 Å². The lowest BCUT2D eigenvalue weighted by molar-refractivity contribution is 0.461. The molecule has 1 fully saturated rings. The number of hydrogen-bond acceptors (Lipinski definition) is 6. The van der Waals surface area contributed by atoms with Crippen LogP contribution in [0, 0.1) is 0 Å². The Bertz CT molecular complexity index is 698. The molecule has 0 saturated carbocycles. The quantitative estimate of drug-likeness (QED) is 0.808. The van der Waals surface area contributed by atoms with Crippen molar-refractivity contribution >= 4 is 25.7 Å². The standard InChI is InChI=1S/C11H17N3O4S2/c1-11(5-6-19(15,16)8-11)14-20(17,18)9-3-4-10(12-2)13-7-9/h3-4,7,14H,5-6,8H2,1-2H3,(H,12,13). The summed E-state index contributed by atoms with van der Waals surface area (Å²) >= 11 is 0. The Kier molecular flexibility index (Phi) is 3.78. The highest BCUT2D eigenvalue weighted by Gasteiger charge is 2.41. The number of nitrogens with zero attached hydrogens (tertiary/aromatic N) is 1. The van der Waals surface area contributed by atoms with Crippen molar-refractivity contribution in [2.45, 2.75) is 23.8 Å². The van der Waals surface area contributed by atoms with Crippen LogP contribution in [0.3, 0.4) is 0 Å². The molecular weight excluding hydrogens is 302 g/mol. The van der Waals surface area contributed by atoms with Crippen LogP contribution in [-0.2, 0) is 19.9 Å². The second kappa shape index (κ2) is 4.97. The summed E-state index contributed by atoms with van der Waals surface area (Å²) in [7, 11) is -5.27. The van der Waals surface area contributed by atoms with Gasteiger partial charge in [-0.25, -0.2) is 26.5 Å². The van der Waals surface area contributed by atoms with E-state index in [2.05, 4.69) is 15.0 Å². The Hall–Kier alpha value is -1.19. The summed E-state index contributed by atoms with van der Waals surface area (Å²) in [4.78, 5) is 3.96. The predicted molar refractivity (Wildman–Crippen MR) is 75.8 cm³/mol. The smallest absolute Gasteiger partial charge is 0.242 e. The van der Waals surface area contributed by atoms with Crippen molar-refractivity contribution < 1.29 is 16.8 Å². The molecule has 0 bridgehead atoms. The summed E-state index contributed by atoms with van der Waals surface area (Å²) in [5.41, 5.74) is -0.959. The second-order valence-electron chi connectivity index (χ2n) is 5.14. The molecule has 7 nitrogen and oxygen atoms in total. The Labute approximate surface area is 118 Å². The van der Waals surface area contributed by atoms with E-state index in [0.717, 1.165) is 0 Å². The van der Waals surface area contributed by atoms with E-state index < -0.39 is 25.4 Å². The first-order valence-corrected chi connectivity index (χ1v) is 9.35. The van der Waals surface area contributed by atoms with Crippen LogP contribution in [0.2, 0.25) is 0 Å². The number of pyridine rings is 1. The third kappa shape index (κ3) is 3.28. The molecule has 1 atom stereocenters. The fraction of sp³-hybridized carbons (Fsp3) is 0.545. The minimum Gasteiger partial charge on any atom is -0.373 e. The minimum absolute atomic E-state index is 0.00294. The van der Waals surface area contributed by atoms with Gasteiger partial charge in [-0.2, -0.15) is 0 Å². The van der Waals surface area contributed by atoms with E-state index in [1.54, 1.807) is 20.0 Å². The zero-order chi connectivity index (χ0) is 15.0. The fourth-order valence-electron chi connectivity index (χ4n) is 2.16. The van der Waals surface area contributed by atoms with Crippen LogP contribution >= 0.6 is 0 Å². The molecule has 1 aliphatic rings. The van der Waals surface area contributed by atoms with Crippen molar-refractivity contribution in [3.8, 4) is 0 Å². The molecule has 1 aliphatic heterocycles. The molecule has 0 aliphatic carbocycles. The number of hydrogen-bond donors (Lipinski definition) is 2. The van der Waals surface area contributed by atoms with Crippen LogP contribution in [-0.4, -0.2) is 45.9 Å². The van der Waals surface area contributed by atoms with E-state index >= 15 is 0 Å². The van der Waals surface area contributed by atoms with Gasteiger partial charge in [0.2, 0.25) is 10.0 Å². The number of anilines is 1. The Morgan fingerprint density at radius 2 is 2.05 bits per heavy atom. The highest BCUT2D eigenvalue weighted by molar-refractivity contribution is 7.92. The van der Waals surface area contributed by atoms with E-state index in [0.29, 0.717) is 5.82 Å². The van der Waals surface area contributed by atoms with Crippen molar-refractivity contribution in [2.75, 3.05) is 23.9 Å². The molecule has 1 aromatic heterocycles. The molecule has 1 aromatic rings. The first-order chi connectivity index (χ1) is 9.16. The Balaban J connectivity index is 2.23. The third-order valence-electron chi connectivity index (χ3n) is 3.19. The van der Waals surface area contributed by atoms with Crippen LogP contribution in [0.25, 0.3) is 0 Å². The Morgan fingerprint density at radius 3 is 2.50 bits per heavy atom. The van der Waals surface area contributed by atoms with Gasteiger partial charge < -0.3 is 5.32 Å². The average molecular weight is 319 g/mol. The lowest BCUT2D eigenvalue weighted by Gasteiger charge is -2.23. The lowest BCUT2D eigenvalue weighted by Crippen LogP contribution is -2.46. The zero-order valence-corrected chi connectivity index (χ0v) is 12.9. The number of sulfone groups is 1. The molecule has 112 valence electrons. The lowest BCUT2D eigenvalue weighted by atomic mass is 10.0. The summed E-state index contributed by atoms with van der Waals surface area (Å²) in [6, 6.07) is 2.97. The first-order valence-electron chi connectivity index (χ1n) is 6.04. The number of sulfonamides is 1. The van der Waals surface area contributed by atoms with E-state index in [-0.39, 0.29) is 22.8 Å². The summed E-state index contributed by atoms with van der Waals surface area (Å²) in [6.07, 6.45) is 1.51. The van der Waals surface area contributed by atoms with Crippen LogP contribution in [0.4, 0.5) is 5.82 Å². The van der Waals surface area contributed by atoms with Gasteiger partial charge in [-0.3, -0.25) is 0 Å². The maximum atomic E-state index is 12.2. The molecule has 2 N–H and O–H groups in total. The van der Waals surface area contributed by atoms with Gasteiger partial charge in [-0.05, 0) is 25.5 Å². The number of rotatable bonds is 4. The molecule has 20 heavy (non-hydrogen) atoms. The molecular formula is C11H17N3O4S2. The van der Waals surface area contributed by atoms with Gasteiger partial charge in [0.25, 0.3) is 0 Å². The zero-order valence-electron chi connectivity index (χ0n) is 11.3. The largest absolute Gasteiger partial charge is 0.373 e. The van der Waals surface area contributed by atoms with Crippen molar-refractivity contribution in [2.24, 2.45) is 0 Å². The Morgan fingerprint density at radius 1 is 1.35 bits per heavy atom. The summed E-state index contributed by atoms with van der Waals surface area (Å²) < 4.78 is 49.9. The van der Waals surface area contributed by atoms with Gasteiger partial charge >= 0.3 is 0 Å². The minimum atomic E-state index is -3.78. The predicted octanol–water partition coefficient (Wildman–Crippen LogP) is -0.0212. The molecule has 0 spiro atoms. The van der Waals surface area contributed by atoms with E-state index in [1.807, 2.05) is 0 Å². The highest BCUT2D eigenvalue weighted by atomic mass is 32.2. The SMILES string of the molecule is CNc1ccc(S(=O)(=O)NC2(C)CCS(=O)(=O)C2)cn1. The third-order valence-corrected chi connectivity index (χ3v) is 6.71. The normalized spacial score (nSPS) is 25.5. The molecule has 9 heteroatoms. The molecule has 1 unspecified atom stereocenters. The van der Waals surface area contributed by atoms with Gasteiger partial charge in [0, 0.05) is 18.8 Å². The maximum absolute atomic E-state index is 12.2. The monoisotopic (exact) mass is 319 g/mol. The molecule has 1 saturated heterocycles.